The summed E-state index contributed by atoms with van der Waals surface area (Å²) in [6.45, 7) is 2.34. The molecule has 0 bridgehead atoms. The van der Waals surface area contributed by atoms with E-state index >= 15 is 0 Å². The molecule has 0 heterocycles. The molecule has 2 aliphatic carbocycles. The summed E-state index contributed by atoms with van der Waals surface area (Å²) >= 11 is 0. The van der Waals surface area contributed by atoms with Gasteiger partial charge in [-0.1, -0.05) is 13.3 Å². The number of methoxy groups -OCH3 is 1. The molecule has 0 aliphatic heterocycles. The molecule has 2 fully saturated rings. The van der Waals surface area contributed by atoms with E-state index in [1.165, 1.54) is 44.9 Å². The highest BCUT2D eigenvalue weighted by molar-refractivity contribution is 4.95. The molecule has 13 heavy (non-hydrogen) atoms. The van der Waals surface area contributed by atoms with Gasteiger partial charge in [0, 0.05) is 7.11 Å². The summed E-state index contributed by atoms with van der Waals surface area (Å²) in [4.78, 5) is 0. The van der Waals surface area contributed by atoms with Gasteiger partial charge in [0.2, 0.25) is 0 Å². The van der Waals surface area contributed by atoms with Gasteiger partial charge in [-0.25, -0.2) is 0 Å². The predicted molar refractivity (Wildman–Crippen MR) is 54.7 cm³/mol. The summed E-state index contributed by atoms with van der Waals surface area (Å²) in [5.41, 5.74) is 0.710. The maximum absolute atomic E-state index is 5.47. The first-order valence-electron chi connectivity index (χ1n) is 5.81. The Balaban J connectivity index is 1.93. The third-order valence-corrected chi connectivity index (χ3v) is 4.37. The Labute approximate surface area is 81.9 Å². The highest BCUT2D eigenvalue weighted by Gasteiger charge is 2.43. The lowest BCUT2D eigenvalue weighted by Gasteiger charge is -2.23. The molecule has 1 nitrogen and oxygen atoms in total. The molecule has 1 heteroatoms. The van der Waals surface area contributed by atoms with E-state index in [9.17, 15) is 0 Å². The van der Waals surface area contributed by atoms with Crippen LogP contribution in [0.1, 0.15) is 51.9 Å². The lowest BCUT2D eigenvalue weighted by molar-refractivity contribution is 0.0951. The quantitative estimate of drug-likeness (QED) is 0.636. The molecule has 0 radical (unpaired) electrons. The summed E-state index contributed by atoms with van der Waals surface area (Å²) in [6.07, 6.45) is 10.5. The van der Waals surface area contributed by atoms with Gasteiger partial charge >= 0.3 is 0 Å². The van der Waals surface area contributed by atoms with E-state index in [1.807, 2.05) is 7.11 Å². The van der Waals surface area contributed by atoms with Crippen molar-refractivity contribution in [2.45, 2.75) is 58.0 Å². The minimum atomic E-state index is 0.579. The van der Waals surface area contributed by atoms with Crippen LogP contribution in [0, 0.1) is 11.3 Å². The molecule has 0 aromatic rings. The van der Waals surface area contributed by atoms with Gasteiger partial charge < -0.3 is 4.74 Å². The van der Waals surface area contributed by atoms with Crippen LogP contribution in [0.2, 0.25) is 0 Å². The van der Waals surface area contributed by atoms with Crippen molar-refractivity contribution in [3.05, 3.63) is 0 Å². The van der Waals surface area contributed by atoms with Crippen molar-refractivity contribution in [1.82, 2.24) is 0 Å². The molecule has 1 spiro atoms. The van der Waals surface area contributed by atoms with Gasteiger partial charge in [0.1, 0.15) is 0 Å². The minimum Gasteiger partial charge on any atom is -0.381 e. The molecule has 2 saturated carbocycles. The SMILES string of the molecule is CCC1CCC2(CCC(OC)C2)C1. The fourth-order valence-electron chi connectivity index (χ4n) is 3.44. The zero-order valence-corrected chi connectivity index (χ0v) is 9.01. The topological polar surface area (TPSA) is 9.23 Å². The Morgan fingerprint density at radius 1 is 1.23 bits per heavy atom. The lowest BCUT2D eigenvalue weighted by Crippen LogP contribution is -2.14. The minimum absolute atomic E-state index is 0.579. The van der Waals surface area contributed by atoms with Crippen LogP contribution in [0.15, 0.2) is 0 Å². The van der Waals surface area contributed by atoms with E-state index in [0.29, 0.717) is 11.5 Å². The fourth-order valence-corrected chi connectivity index (χ4v) is 3.44. The second-order valence-corrected chi connectivity index (χ2v) is 5.12. The second-order valence-electron chi connectivity index (χ2n) is 5.12. The Bertz CT molecular complexity index is 156. The molecule has 0 N–H and O–H groups in total. The first kappa shape index (κ1) is 9.51. The summed E-state index contributed by atoms with van der Waals surface area (Å²) in [7, 11) is 1.87. The third kappa shape index (κ3) is 1.76. The molecule has 0 amide bonds. The molecule has 0 saturated heterocycles. The van der Waals surface area contributed by atoms with Crippen molar-refractivity contribution >= 4 is 0 Å². The molecule has 0 aromatic heterocycles. The monoisotopic (exact) mass is 182 g/mol. The van der Waals surface area contributed by atoms with Crippen LogP contribution < -0.4 is 0 Å². The zero-order valence-electron chi connectivity index (χ0n) is 9.01. The lowest BCUT2D eigenvalue weighted by atomic mass is 9.83. The molecule has 2 aliphatic rings. The van der Waals surface area contributed by atoms with Gasteiger partial charge in [0.25, 0.3) is 0 Å². The van der Waals surface area contributed by atoms with Crippen LogP contribution in [0.4, 0.5) is 0 Å². The van der Waals surface area contributed by atoms with Crippen molar-refractivity contribution in [3.63, 3.8) is 0 Å². The number of rotatable bonds is 2. The first-order chi connectivity index (χ1) is 6.28. The Morgan fingerprint density at radius 3 is 2.54 bits per heavy atom. The average Bonchev–Trinajstić information content (AvgIpc) is 2.74. The fraction of sp³-hybridized carbons (Fsp3) is 1.00. The maximum atomic E-state index is 5.47. The van der Waals surface area contributed by atoms with Crippen LogP contribution >= 0.6 is 0 Å². The van der Waals surface area contributed by atoms with Gasteiger partial charge in [0.15, 0.2) is 0 Å². The van der Waals surface area contributed by atoms with E-state index in [4.69, 9.17) is 4.74 Å². The van der Waals surface area contributed by atoms with Crippen molar-refractivity contribution in [1.29, 1.82) is 0 Å². The second kappa shape index (κ2) is 3.61. The Hall–Kier alpha value is -0.0400. The number of hydrogen-bond acceptors (Lipinski definition) is 1. The number of hydrogen-bond donors (Lipinski definition) is 0. The molecule has 3 unspecified atom stereocenters. The molecule has 76 valence electrons. The zero-order chi connectivity index (χ0) is 9.31. The summed E-state index contributed by atoms with van der Waals surface area (Å²) < 4.78 is 5.47. The Kier molecular flexibility index (Phi) is 2.64. The van der Waals surface area contributed by atoms with Crippen molar-refractivity contribution in [2.75, 3.05) is 7.11 Å². The van der Waals surface area contributed by atoms with Gasteiger partial charge in [0.05, 0.1) is 6.10 Å². The van der Waals surface area contributed by atoms with Crippen LogP contribution in [-0.4, -0.2) is 13.2 Å². The van der Waals surface area contributed by atoms with Crippen LogP contribution in [0.5, 0.6) is 0 Å². The average molecular weight is 182 g/mol. The van der Waals surface area contributed by atoms with E-state index in [0.717, 1.165) is 5.92 Å². The maximum Gasteiger partial charge on any atom is 0.0576 e. The van der Waals surface area contributed by atoms with Gasteiger partial charge in [-0.3, -0.25) is 0 Å². The summed E-state index contributed by atoms with van der Waals surface area (Å²) in [6, 6.07) is 0. The van der Waals surface area contributed by atoms with Crippen LogP contribution in [0.3, 0.4) is 0 Å². The first-order valence-corrected chi connectivity index (χ1v) is 5.81. The van der Waals surface area contributed by atoms with E-state index in [1.54, 1.807) is 0 Å². The van der Waals surface area contributed by atoms with E-state index in [2.05, 4.69) is 6.92 Å². The highest BCUT2D eigenvalue weighted by atomic mass is 16.5. The molecule has 0 aromatic carbocycles. The van der Waals surface area contributed by atoms with Crippen molar-refractivity contribution in [2.24, 2.45) is 11.3 Å². The van der Waals surface area contributed by atoms with Crippen LogP contribution in [0.25, 0.3) is 0 Å². The molecular formula is C12H22O. The Morgan fingerprint density at radius 2 is 2.00 bits per heavy atom. The van der Waals surface area contributed by atoms with Gasteiger partial charge in [-0.05, 0) is 49.9 Å². The van der Waals surface area contributed by atoms with E-state index < -0.39 is 0 Å². The number of ether oxygens (including phenoxy) is 1. The smallest absolute Gasteiger partial charge is 0.0576 e. The van der Waals surface area contributed by atoms with Crippen molar-refractivity contribution < 1.29 is 4.74 Å². The van der Waals surface area contributed by atoms with Crippen molar-refractivity contribution in [3.8, 4) is 0 Å². The molecular weight excluding hydrogens is 160 g/mol. The summed E-state index contributed by atoms with van der Waals surface area (Å²) in [5.74, 6) is 1.02. The third-order valence-electron chi connectivity index (χ3n) is 4.37. The summed E-state index contributed by atoms with van der Waals surface area (Å²) in [5, 5.41) is 0. The largest absolute Gasteiger partial charge is 0.381 e. The molecule has 3 atom stereocenters. The van der Waals surface area contributed by atoms with Gasteiger partial charge in [-0.15, -0.1) is 0 Å². The predicted octanol–water partition coefficient (Wildman–Crippen LogP) is 3.38. The standard InChI is InChI=1S/C12H22O/c1-3-10-4-6-12(8-10)7-5-11(9-12)13-2/h10-11H,3-9H2,1-2H3. The molecule has 2 rings (SSSR count). The normalized spacial score (nSPS) is 44.8. The van der Waals surface area contributed by atoms with Crippen LogP contribution in [-0.2, 0) is 4.74 Å². The van der Waals surface area contributed by atoms with E-state index in [-0.39, 0.29) is 0 Å². The van der Waals surface area contributed by atoms with Gasteiger partial charge in [-0.2, -0.15) is 0 Å². The highest BCUT2D eigenvalue weighted by Crippen LogP contribution is 2.53.